The number of primary amides is 1. The molecular weight excluding hydrogens is 601 g/mol. The lowest BCUT2D eigenvalue weighted by atomic mass is 9.99. The average Bonchev–Trinajstić information content (AvgIpc) is 3.35. The molecule has 5 atom stereocenters. The molecule has 0 aliphatic carbocycles. The van der Waals surface area contributed by atoms with Crippen molar-refractivity contribution in [2.24, 2.45) is 11.1 Å². The van der Waals surface area contributed by atoms with Crippen LogP contribution in [0.3, 0.4) is 0 Å². The normalized spacial score (nSPS) is 22.5. The second kappa shape index (κ2) is 14.0. The number of amides is 1. The Kier molecular flexibility index (Phi) is 10.8. The fraction of sp³-hybridized carbons (Fsp3) is 0.500. The van der Waals surface area contributed by atoms with E-state index in [1.165, 1.54) is 20.8 Å². The second-order valence-electron chi connectivity index (χ2n) is 12.9. The number of aliphatic hydroxyl groups is 1. The Hall–Kier alpha value is -3.25. The van der Waals surface area contributed by atoms with Gasteiger partial charge >= 0.3 is 13.7 Å². The lowest BCUT2D eigenvalue weighted by Gasteiger charge is -2.33. The van der Waals surface area contributed by atoms with Crippen molar-refractivity contribution >= 4 is 30.4 Å². The topological polar surface area (TPSA) is 159 Å². The molecule has 45 heavy (non-hydrogen) atoms. The van der Waals surface area contributed by atoms with Crippen molar-refractivity contribution in [1.29, 1.82) is 0 Å². The summed E-state index contributed by atoms with van der Waals surface area (Å²) in [5.41, 5.74) is 5.62. The predicted octanol–water partition coefficient (Wildman–Crippen LogP) is 4.73. The molecular formula is C32H44N3O9P. The number of hydrogen-bond donors (Lipinski definition) is 3. The molecule has 1 saturated heterocycles. The minimum atomic E-state index is -4.23. The molecule has 4 N–H and O–H groups in total. The molecule has 2 aromatic rings. The number of nitrogens with one attached hydrogen (secondary N) is 1. The summed E-state index contributed by atoms with van der Waals surface area (Å²) in [6.07, 6.45) is 3.62. The molecule has 0 bridgehead atoms. The van der Waals surface area contributed by atoms with Crippen LogP contribution in [-0.4, -0.2) is 65.4 Å². The van der Waals surface area contributed by atoms with Crippen molar-refractivity contribution in [1.82, 2.24) is 9.99 Å². The summed E-state index contributed by atoms with van der Waals surface area (Å²) in [7, 11) is -4.23. The lowest BCUT2D eigenvalue weighted by Crippen LogP contribution is -2.42. The highest BCUT2D eigenvalue weighted by Crippen LogP contribution is 2.47. The zero-order valence-electron chi connectivity index (χ0n) is 26.6. The molecule has 0 spiro atoms. The standard InChI is InChI=1S/C32H44N3O9P/c1-21(30(37)40-20-31(2,3)4)34-45(39,44-26-15-9-12-22-11-7-8-14-25(22)26)41-19-24-17-27(43-32(5,6)38)29(42-24)35-16-10-13-23(18-35)28(33)36/h7-12,14-16,18,21,24,27,29,38H,13,17,19-20H2,1-6H3,(H2,33,36)(H,34,39)/t21?,24?,27?,29-,45?/m1/s1. The molecule has 13 heteroatoms. The van der Waals surface area contributed by atoms with Gasteiger partial charge < -0.3 is 34.5 Å². The van der Waals surface area contributed by atoms with E-state index in [9.17, 15) is 19.3 Å². The molecule has 2 heterocycles. The van der Waals surface area contributed by atoms with Gasteiger partial charge in [-0.05, 0) is 44.1 Å². The number of rotatable bonds is 13. The van der Waals surface area contributed by atoms with E-state index in [1.807, 2.05) is 51.1 Å². The van der Waals surface area contributed by atoms with Crippen molar-refractivity contribution < 1.29 is 42.5 Å². The number of nitrogens with zero attached hydrogens (tertiary/aromatic N) is 1. The van der Waals surface area contributed by atoms with Crippen molar-refractivity contribution in [2.45, 2.75) is 84.6 Å². The zero-order valence-corrected chi connectivity index (χ0v) is 27.5. The minimum Gasteiger partial charge on any atom is -0.464 e. The van der Waals surface area contributed by atoms with Crippen LogP contribution in [0, 0.1) is 5.41 Å². The summed E-state index contributed by atoms with van der Waals surface area (Å²) in [6, 6.07) is 11.8. The Bertz CT molecular complexity index is 1470. The average molecular weight is 646 g/mol. The lowest BCUT2D eigenvalue weighted by molar-refractivity contribution is -0.224. The van der Waals surface area contributed by atoms with Gasteiger partial charge in [-0.2, -0.15) is 5.09 Å². The highest BCUT2D eigenvalue weighted by molar-refractivity contribution is 7.52. The van der Waals surface area contributed by atoms with Gasteiger partial charge in [-0.1, -0.05) is 63.2 Å². The van der Waals surface area contributed by atoms with Crippen LogP contribution in [0.4, 0.5) is 0 Å². The van der Waals surface area contributed by atoms with Crippen LogP contribution >= 0.6 is 7.75 Å². The van der Waals surface area contributed by atoms with Crippen molar-refractivity contribution in [2.75, 3.05) is 13.2 Å². The van der Waals surface area contributed by atoms with Crippen molar-refractivity contribution in [3.05, 3.63) is 66.5 Å². The molecule has 12 nitrogen and oxygen atoms in total. The molecule has 4 rings (SSSR count). The van der Waals surface area contributed by atoms with Crippen LogP contribution in [0.15, 0.2) is 66.5 Å². The monoisotopic (exact) mass is 645 g/mol. The molecule has 2 aliphatic heterocycles. The van der Waals surface area contributed by atoms with E-state index < -0.39 is 49.9 Å². The molecule has 2 aromatic carbocycles. The molecule has 4 unspecified atom stereocenters. The number of benzene rings is 2. The Morgan fingerprint density at radius 1 is 1.16 bits per heavy atom. The largest absolute Gasteiger partial charge is 0.464 e. The first-order valence-corrected chi connectivity index (χ1v) is 16.4. The van der Waals surface area contributed by atoms with Crippen LogP contribution in [-0.2, 0) is 32.9 Å². The van der Waals surface area contributed by atoms with E-state index in [4.69, 9.17) is 29.0 Å². The van der Waals surface area contributed by atoms with E-state index in [0.717, 1.165) is 5.39 Å². The molecule has 1 amide bonds. The minimum absolute atomic E-state index is 0.171. The summed E-state index contributed by atoms with van der Waals surface area (Å²) < 4.78 is 43.9. The van der Waals surface area contributed by atoms with Gasteiger partial charge in [0.25, 0.3) is 0 Å². The van der Waals surface area contributed by atoms with Crippen LogP contribution < -0.4 is 15.3 Å². The van der Waals surface area contributed by atoms with Gasteiger partial charge in [0, 0.05) is 29.8 Å². The van der Waals surface area contributed by atoms with Crippen LogP contribution in [0.5, 0.6) is 5.75 Å². The Morgan fingerprint density at radius 3 is 2.56 bits per heavy atom. The Balaban J connectivity index is 1.55. The van der Waals surface area contributed by atoms with E-state index in [0.29, 0.717) is 23.1 Å². The number of nitrogens with two attached hydrogens (primary N) is 1. The number of ether oxygens (including phenoxy) is 3. The fourth-order valence-corrected chi connectivity index (χ4v) is 6.38. The maximum Gasteiger partial charge on any atom is 0.459 e. The van der Waals surface area contributed by atoms with Crippen molar-refractivity contribution in [3.63, 3.8) is 0 Å². The first-order chi connectivity index (χ1) is 21.0. The van der Waals surface area contributed by atoms with E-state index >= 15 is 0 Å². The third kappa shape index (κ3) is 9.87. The first-order valence-electron chi connectivity index (χ1n) is 14.9. The van der Waals surface area contributed by atoms with Gasteiger partial charge in [-0.25, -0.2) is 4.57 Å². The Labute approximate surface area is 264 Å². The molecule has 0 aromatic heterocycles. The summed E-state index contributed by atoms with van der Waals surface area (Å²) in [5.74, 6) is -2.36. The van der Waals surface area contributed by atoms with Crippen LogP contribution in [0.2, 0.25) is 0 Å². The van der Waals surface area contributed by atoms with Crippen LogP contribution in [0.1, 0.15) is 54.4 Å². The number of fused-ring (bicyclic) bond motifs is 1. The zero-order chi connectivity index (χ0) is 33.0. The van der Waals surface area contributed by atoms with E-state index in [1.54, 1.807) is 35.5 Å². The van der Waals surface area contributed by atoms with Gasteiger partial charge in [0.2, 0.25) is 5.91 Å². The fourth-order valence-electron chi connectivity index (χ4n) is 4.84. The summed E-state index contributed by atoms with van der Waals surface area (Å²) in [6.45, 7) is 10.3. The molecule has 0 saturated carbocycles. The summed E-state index contributed by atoms with van der Waals surface area (Å²) >= 11 is 0. The second-order valence-corrected chi connectivity index (χ2v) is 14.6. The third-order valence-corrected chi connectivity index (χ3v) is 8.50. The van der Waals surface area contributed by atoms with Gasteiger partial charge in [-0.15, -0.1) is 0 Å². The maximum absolute atomic E-state index is 14.3. The number of esters is 1. The first kappa shape index (κ1) is 34.6. The molecule has 2 aliphatic rings. The quantitative estimate of drug-likeness (QED) is 0.157. The SMILES string of the molecule is CC(NP(=O)(OCC1CC(OC(C)(C)O)[C@H](N2C=CCC(C(N)=O)=C2)O1)Oc1cccc2ccccc12)C(=O)OCC(C)(C)C. The number of hydrogen-bond acceptors (Lipinski definition) is 10. The molecule has 0 radical (unpaired) electrons. The van der Waals surface area contributed by atoms with E-state index in [-0.39, 0.29) is 25.0 Å². The van der Waals surface area contributed by atoms with Gasteiger partial charge in [0.15, 0.2) is 12.0 Å². The van der Waals surface area contributed by atoms with Crippen molar-refractivity contribution in [3.8, 4) is 5.75 Å². The molecule has 246 valence electrons. The maximum atomic E-state index is 14.3. The third-order valence-electron chi connectivity index (χ3n) is 6.87. The summed E-state index contributed by atoms with van der Waals surface area (Å²) in [5, 5.41) is 14.7. The van der Waals surface area contributed by atoms with Gasteiger partial charge in [0.05, 0.1) is 19.3 Å². The van der Waals surface area contributed by atoms with Gasteiger partial charge in [0.1, 0.15) is 17.9 Å². The molecule has 1 fully saturated rings. The number of carbonyl (C=O) groups is 2. The highest BCUT2D eigenvalue weighted by atomic mass is 31.2. The summed E-state index contributed by atoms with van der Waals surface area (Å²) in [4.78, 5) is 26.3. The smallest absolute Gasteiger partial charge is 0.459 e. The number of allylic oxidation sites excluding steroid dienone is 1. The predicted molar refractivity (Wildman–Crippen MR) is 168 cm³/mol. The van der Waals surface area contributed by atoms with Gasteiger partial charge in [-0.3, -0.25) is 14.1 Å². The number of carbonyl (C=O) groups excluding carboxylic acids is 2. The van der Waals surface area contributed by atoms with E-state index in [2.05, 4.69) is 5.09 Å². The Morgan fingerprint density at radius 2 is 1.87 bits per heavy atom. The van der Waals surface area contributed by atoms with Crippen LogP contribution in [0.25, 0.3) is 10.8 Å². The highest BCUT2D eigenvalue weighted by Gasteiger charge is 2.43.